The molecule has 0 aromatic heterocycles. The van der Waals surface area contributed by atoms with Crippen LogP contribution in [0.3, 0.4) is 0 Å². The summed E-state index contributed by atoms with van der Waals surface area (Å²) in [6.07, 6.45) is 0. The minimum absolute atomic E-state index is 0.147. The largest absolute Gasteiger partial charge is 0.318 e. The molecule has 1 atom stereocenters. The van der Waals surface area contributed by atoms with Crippen molar-refractivity contribution in [2.75, 3.05) is 0 Å². The van der Waals surface area contributed by atoms with Crippen LogP contribution >= 0.6 is 23.2 Å². The van der Waals surface area contributed by atoms with E-state index in [0.29, 0.717) is 10.0 Å². The molecule has 13 heavy (non-hydrogen) atoms. The lowest BCUT2D eigenvalue weighted by Crippen LogP contribution is -2.10. The summed E-state index contributed by atoms with van der Waals surface area (Å²) in [5, 5.41) is 1.16. The van der Waals surface area contributed by atoms with Gasteiger partial charge in [0.1, 0.15) is 0 Å². The van der Waals surface area contributed by atoms with Gasteiger partial charge < -0.3 is 5.73 Å². The van der Waals surface area contributed by atoms with E-state index in [0.717, 1.165) is 5.56 Å². The lowest BCUT2D eigenvalue weighted by molar-refractivity contribution is 0.959. The Bertz CT molecular complexity index is 361. The van der Waals surface area contributed by atoms with E-state index in [9.17, 15) is 0 Å². The molecule has 1 aromatic rings. The first-order valence-electron chi connectivity index (χ1n) is 3.82. The van der Waals surface area contributed by atoms with Gasteiger partial charge in [-0.05, 0) is 25.1 Å². The summed E-state index contributed by atoms with van der Waals surface area (Å²) in [7, 11) is 0. The van der Waals surface area contributed by atoms with Gasteiger partial charge in [0, 0.05) is 10.6 Å². The van der Waals surface area contributed by atoms with Gasteiger partial charge in [0.25, 0.3) is 0 Å². The fourth-order valence-corrected chi connectivity index (χ4v) is 1.24. The predicted octanol–water partition coefficient (Wildman–Crippen LogP) is 2.69. The average molecular weight is 214 g/mol. The van der Waals surface area contributed by atoms with Gasteiger partial charge >= 0.3 is 0 Å². The SMILES string of the molecule is CC(N)C#Cc1ccc(Cl)cc1Cl. The van der Waals surface area contributed by atoms with Gasteiger partial charge in [0.15, 0.2) is 0 Å². The molecule has 0 saturated heterocycles. The van der Waals surface area contributed by atoms with Gasteiger partial charge in [-0.15, -0.1) is 0 Å². The molecule has 0 radical (unpaired) electrons. The molecule has 1 aromatic carbocycles. The first kappa shape index (κ1) is 10.4. The Morgan fingerprint density at radius 1 is 1.38 bits per heavy atom. The number of benzene rings is 1. The maximum absolute atomic E-state index is 5.89. The molecule has 1 unspecified atom stereocenters. The highest BCUT2D eigenvalue weighted by Crippen LogP contribution is 2.19. The van der Waals surface area contributed by atoms with E-state index in [-0.39, 0.29) is 6.04 Å². The van der Waals surface area contributed by atoms with Crippen LogP contribution in [0.5, 0.6) is 0 Å². The highest BCUT2D eigenvalue weighted by atomic mass is 35.5. The van der Waals surface area contributed by atoms with Crippen LogP contribution in [-0.4, -0.2) is 6.04 Å². The molecule has 0 amide bonds. The van der Waals surface area contributed by atoms with E-state index < -0.39 is 0 Å². The quantitative estimate of drug-likeness (QED) is 0.660. The van der Waals surface area contributed by atoms with Crippen molar-refractivity contribution in [2.24, 2.45) is 5.73 Å². The normalized spacial score (nSPS) is 11.7. The molecule has 0 spiro atoms. The number of halogens is 2. The molecule has 0 bridgehead atoms. The van der Waals surface area contributed by atoms with Crippen molar-refractivity contribution < 1.29 is 0 Å². The number of hydrogen-bond acceptors (Lipinski definition) is 1. The van der Waals surface area contributed by atoms with Gasteiger partial charge in [-0.2, -0.15) is 0 Å². The molecule has 3 heteroatoms. The lowest BCUT2D eigenvalue weighted by atomic mass is 10.2. The summed E-state index contributed by atoms with van der Waals surface area (Å²) in [6.45, 7) is 1.82. The number of nitrogens with two attached hydrogens (primary N) is 1. The van der Waals surface area contributed by atoms with Crippen molar-refractivity contribution in [3.63, 3.8) is 0 Å². The third kappa shape index (κ3) is 3.28. The lowest BCUT2D eigenvalue weighted by Gasteiger charge is -1.96. The van der Waals surface area contributed by atoms with E-state index in [2.05, 4.69) is 11.8 Å². The molecule has 1 rings (SSSR count). The molecule has 0 aliphatic heterocycles. The fraction of sp³-hybridized carbons (Fsp3) is 0.200. The van der Waals surface area contributed by atoms with Crippen molar-refractivity contribution in [1.82, 2.24) is 0 Å². The maximum Gasteiger partial charge on any atom is 0.0639 e. The van der Waals surface area contributed by atoms with E-state index >= 15 is 0 Å². The molecule has 0 fully saturated rings. The van der Waals surface area contributed by atoms with Gasteiger partial charge in [-0.1, -0.05) is 35.0 Å². The van der Waals surface area contributed by atoms with E-state index in [4.69, 9.17) is 28.9 Å². The zero-order chi connectivity index (χ0) is 9.84. The summed E-state index contributed by atoms with van der Waals surface area (Å²) in [4.78, 5) is 0. The summed E-state index contributed by atoms with van der Waals surface area (Å²) in [5.74, 6) is 5.70. The molecule has 2 N–H and O–H groups in total. The molecular weight excluding hydrogens is 205 g/mol. The smallest absolute Gasteiger partial charge is 0.0639 e. The second-order valence-corrected chi connectivity index (χ2v) is 3.53. The topological polar surface area (TPSA) is 26.0 Å². The van der Waals surface area contributed by atoms with E-state index in [1.165, 1.54) is 0 Å². The van der Waals surface area contributed by atoms with Crippen molar-refractivity contribution in [2.45, 2.75) is 13.0 Å². The second kappa shape index (κ2) is 4.53. The Balaban J connectivity index is 2.98. The van der Waals surface area contributed by atoms with Crippen LogP contribution in [0.1, 0.15) is 12.5 Å². The summed E-state index contributed by atoms with van der Waals surface area (Å²) in [5.41, 5.74) is 6.23. The third-order valence-corrected chi connectivity index (χ3v) is 1.91. The van der Waals surface area contributed by atoms with Crippen LogP contribution in [0.15, 0.2) is 18.2 Å². The highest BCUT2D eigenvalue weighted by Gasteiger charge is 1.97. The molecule has 0 saturated carbocycles. The van der Waals surface area contributed by atoms with Crippen LogP contribution in [0.4, 0.5) is 0 Å². The molecule has 0 heterocycles. The van der Waals surface area contributed by atoms with Crippen molar-refractivity contribution >= 4 is 23.2 Å². The minimum atomic E-state index is -0.147. The van der Waals surface area contributed by atoms with Crippen LogP contribution < -0.4 is 5.73 Å². The monoisotopic (exact) mass is 213 g/mol. The van der Waals surface area contributed by atoms with E-state index in [1.54, 1.807) is 18.2 Å². The van der Waals surface area contributed by atoms with E-state index in [1.807, 2.05) is 6.92 Å². The highest BCUT2D eigenvalue weighted by molar-refractivity contribution is 6.35. The first-order chi connectivity index (χ1) is 6.09. The van der Waals surface area contributed by atoms with Gasteiger partial charge in [-0.3, -0.25) is 0 Å². The van der Waals surface area contributed by atoms with Crippen molar-refractivity contribution in [3.05, 3.63) is 33.8 Å². The molecule has 0 aliphatic carbocycles. The summed E-state index contributed by atoms with van der Waals surface area (Å²) < 4.78 is 0. The Morgan fingerprint density at radius 2 is 2.08 bits per heavy atom. The summed E-state index contributed by atoms with van der Waals surface area (Å²) in [6, 6.07) is 5.04. The maximum atomic E-state index is 5.89. The zero-order valence-electron chi connectivity index (χ0n) is 7.14. The number of hydrogen-bond donors (Lipinski definition) is 1. The molecular formula is C10H9Cl2N. The number of rotatable bonds is 0. The van der Waals surface area contributed by atoms with Crippen LogP contribution in [0.25, 0.3) is 0 Å². The van der Waals surface area contributed by atoms with Crippen LogP contribution in [0, 0.1) is 11.8 Å². The standard InChI is InChI=1S/C10H9Cl2N/c1-7(13)2-3-8-4-5-9(11)6-10(8)12/h4-7H,13H2,1H3. The Kier molecular flexibility index (Phi) is 3.62. The predicted molar refractivity (Wildman–Crippen MR) is 57.0 cm³/mol. The minimum Gasteiger partial charge on any atom is -0.318 e. The Labute approximate surface area is 87.8 Å². The van der Waals surface area contributed by atoms with Crippen LogP contribution in [0.2, 0.25) is 10.0 Å². The molecule has 68 valence electrons. The first-order valence-corrected chi connectivity index (χ1v) is 4.57. The Morgan fingerprint density at radius 3 is 2.62 bits per heavy atom. The van der Waals surface area contributed by atoms with Crippen molar-refractivity contribution in [1.29, 1.82) is 0 Å². The van der Waals surface area contributed by atoms with Gasteiger partial charge in [-0.25, -0.2) is 0 Å². The van der Waals surface area contributed by atoms with Crippen molar-refractivity contribution in [3.8, 4) is 11.8 Å². The molecule has 0 aliphatic rings. The van der Waals surface area contributed by atoms with Gasteiger partial charge in [0.05, 0.1) is 11.1 Å². The third-order valence-electron chi connectivity index (χ3n) is 1.37. The summed E-state index contributed by atoms with van der Waals surface area (Å²) >= 11 is 11.6. The zero-order valence-corrected chi connectivity index (χ0v) is 8.65. The average Bonchev–Trinajstić information content (AvgIpc) is 2.02. The van der Waals surface area contributed by atoms with Crippen LogP contribution in [-0.2, 0) is 0 Å². The molecule has 1 nitrogen and oxygen atoms in total. The fourth-order valence-electron chi connectivity index (χ4n) is 0.782. The second-order valence-electron chi connectivity index (χ2n) is 2.68. The Hall–Kier alpha value is -0.680. The van der Waals surface area contributed by atoms with Gasteiger partial charge in [0.2, 0.25) is 0 Å².